The first-order valence-electron chi connectivity index (χ1n) is 7.36. The molecule has 0 aromatic carbocycles. The van der Waals surface area contributed by atoms with Crippen LogP contribution in [0.2, 0.25) is 5.28 Å². The summed E-state index contributed by atoms with van der Waals surface area (Å²) in [4.78, 5) is 17.2. The predicted octanol–water partition coefficient (Wildman–Crippen LogP) is 1.00. The molecule has 0 radical (unpaired) electrons. The van der Waals surface area contributed by atoms with E-state index in [1.807, 2.05) is 0 Å². The van der Waals surface area contributed by atoms with Crippen LogP contribution in [0.25, 0.3) is 0 Å². The summed E-state index contributed by atoms with van der Waals surface area (Å²) >= 11 is 5.94. The number of nitrogens with one attached hydrogen (secondary N) is 2. The van der Waals surface area contributed by atoms with Crippen LogP contribution in [0.4, 0.5) is 11.9 Å². The number of piperazine rings is 1. The highest BCUT2D eigenvalue weighted by molar-refractivity contribution is 6.28. The summed E-state index contributed by atoms with van der Waals surface area (Å²) in [6, 6.07) is 0.436. The van der Waals surface area contributed by atoms with Crippen molar-refractivity contribution in [1.29, 1.82) is 0 Å². The van der Waals surface area contributed by atoms with Gasteiger partial charge in [0.1, 0.15) is 0 Å². The van der Waals surface area contributed by atoms with E-state index in [0.717, 1.165) is 39.1 Å². The Balaban J connectivity index is 1.94. The second-order valence-electron chi connectivity index (χ2n) is 5.46. The quantitative estimate of drug-likeness (QED) is 0.812. The van der Waals surface area contributed by atoms with Gasteiger partial charge in [-0.15, -0.1) is 0 Å². The van der Waals surface area contributed by atoms with Crippen LogP contribution in [0.15, 0.2) is 0 Å². The molecule has 0 saturated carbocycles. The lowest BCUT2D eigenvalue weighted by Gasteiger charge is -2.37. The summed E-state index contributed by atoms with van der Waals surface area (Å²) in [6.45, 7) is 6.90. The molecule has 2 N–H and O–H groups in total. The topological polar surface area (TPSA) is 69.2 Å². The summed E-state index contributed by atoms with van der Waals surface area (Å²) in [5.41, 5.74) is 0. The lowest BCUT2D eigenvalue weighted by molar-refractivity contribution is 0.121. The van der Waals surface area contributed by atoms with Gasteiger partial charge in [-0.3, -0.25) is 4.90 Å². The molecule has 8 heteroatoms. The van der Waals surface area contributed by atoms with Gasteiger partial charge in [-0.2, -0.15) is 15.0 Å². The Morgan fingerprint density at radius 2 is 1.86 bits per heavy atom. The highest BCUT2D eigenvalue weighted by Crippen LogP contribution is 2.11. The van der Waals surface area contributed by atoms with Crippen molar-refractivity contribution in [3.63, 3.8) is 0 Å². The number of halogens is 1. The van der Waals surface area contributed by atoms with E-state index in [-0.39, 0.29) is 5.28 Å². The molecule has 2 heterocycles. The molecule has 1 unspecified atom stereocenters. The van der Waals surface area contributed by atoms with Crippen molar-refractivity contribution in [2.75, 3.05) is 57.5 Å². The van der Waals surface area contributed by atoms with Gasteiger partial charge in [-0.05, 0) is 32.1 Å². The molecule has 0 aliphatic carbocycles. The van der Waals surface area contributed by atoms with Gasteiger partial charge >= 0.3 is 0 Å². The number of aromatic nitrogens is 3. The summed E-state index contributed by atoms with van der Waals surface area (Å²) in [5.74, 6) is 1.05. The third kappa shape index (κ3) is 4.94. The van der Waals surface area contributed by atoms with E-state index >= 15 is 0 Å². The molecule has 1 aromatic rings. The molecule has 7 nitrogen and oxygen atoms in total. The minimum atomic E-state index is 0.209. The van der Waals surface area contributed by atoms with E-state index in [2.05, 4.69) is 56.4 Å². The van der Waals surface area contributed by atoms with Crippen molar-refractivity contribution in [3.8, 4) is 0 Å². The van der Waals surface area contributed by atoms with Crippen molar-refractivity contribution in [2.24, 2.45) is 0 Å². The molecule has 21 heavy (non-hydrogen) atoms. The van der Waals surface area contributed by atoms with Gasteiger partial charge in [0.25, 0.3) is 0 Å². The molecule has 1 saturated heterocycles. The normalized spacial score (nSPS) is 20.5. The fourth-order valence-corrected chi connectivity index (χ4v) is 2.44. The zero-order chi connectivity index (χ0) is 15.2. The van der Waals surface area contributed by atoms with Crippen molar-refractivity contribution in [3.05, 3.63) is 5.28 Å². The molecule has 2 rings (SSSR count). The third-order valence-electron chi connectivity index (χ3n) is 3.62. The maximum Gasteiger partial charge on any atom is 0.228 e. The van der Waals surface area contributed by atoms with Gasteiger partial charge in [-0.1, -0.05) is 6.92 Å². The number of hydrogen-bond donors (Lipinski definition) is 2. The van der Waals surface area contributed by atoms with Crippen LogP contribution in [0, 0.1) is 0 Å². The van der Waals surface area contributed by atoms with E-state index in [1.54, 1.807) is 0 Å². The summed E-state index contributed by atoms with van der Waals surface area (Å²) < 4.78 is 0. The molecule has 1 aromatic heterocycles. The van der Waals surface area contributed by atoms with Crippen molar-refractivity contribution >= 4 is 23.5 Å². The molecule has 1 aliphatic rings. The first-order chi connectivity index (χ1) is 10.1. The monoisotopic (exact) mass is 313 g/mol. The van der Waals surface area contributed by atoms with Gasteiger partial charge in [-0.25, -0.2) is 0 Å². The van der Waals surface area contributed by atoms with Crippen LogP contribution >= 0.6 is 11.6 Å². The highest BCUT2D eigenvalue weighted by atomic mass is 35.5. The highest BCUT2D eigenvalue weighted by Gasteiger charge is 2.22. The number of hydrogen-bond acceptors (Lipinski definition) is 7. The van der Waals surface area contributed by atoms with Crippen LogP contribution in [-0.4, -0.2) is 77.6 Å². The molecule has 0 spiro atoms. The molecule has 1 atom stereocenters. The fourth-order valence-electron chi connectivity index (χ4n) is 2.28. The molecule has 0 bridgehead atoms. The smallest absolute Gasteiger partial charge is 0.228 e. The zero-order valence-corrected chi connectivity index (χ0v) is 13.7. The summed E-state index contributed by atoms with van der Waals surface area (Å²) in [5, 5.41) is 6.60. The van der Waals surface area contributed by atoms with Crippen LogP contribution in [0.5, 0.6) is 0 Å². The van der Waals surface area contributed by atoms with Crippen molar-refractivity contribution in [1.82, 2.24) is 24.8 Å². The van der Waals surface area contributed by atoms with E-state index in [1.165, 1.54) is 0 Å². The molecular weight excluding hydrogens is 290 g/mol. The van der Waals surface area contributed by atoms with Gasteiger partial charge in [0.15, 0.2) is 0 Å². The van der Waals surface area contributed by atoms with Gasteiger partial charge in [0, 0.05) is 38.8 Å². The third-order valence-corrected chi connectivity index (χ3v) is 3.79. The van der Waals surface area contributed by atoms with E-state index in [0.29, 0.717) is 17.9 Å². The Morgan fingerprint density at radius 1 is 1.14 bits per heavy atom. The zero-order valence-electron chi connectivity index (χ0n) is 12.9. The average molecular weight is 314 g/mol. The minimum Gasteiger partial charge on any atom is -0.354 e. The molecule has 1 fully saturated rings. The maximum absolute atomic E-state index is 5.94. The Labute approximate surface area is 131 Å². The molecule has 1 aliphatic heterocycles. The maximum atomic E-state index is 5.94. The lowest BCUT2D eigenvalue weighted by atomic mass is 10.2. The fraction of sp³-hybridized carbons (Fsp3) is 0.769. The van der Waals surface area contributed by atoms with E-state index in [4.69, 9.17) is 11.6 Å². The molecule has 118 valence electrons. The van der Waals surface area contributed by atoms with Gasteiger partial charge in [0.2, 0.25) is 17.2 Å². The van der Waals surface area contributed by atoms with Crippen molar-refractivity contribution in [2.45, 2.75) is 19.4 Å². The minimum absolute atomic E-state index is 0.209. The number of nitrogens with zero attached hydrogens (tertiary/aromatic N) is 5. The van der Waals surface area contributed by atoms with Crippen LogP contribution in [-0.2, 0) is 0 Å². The lowest BCUT2D eigenvalue weighted by Crippen LogP contribution is -2.52. The molecular formula is C13H24ClN7. The second kappa shape index (κ2) is 7.72. The number of anilines is 2. The number of likely N-dealkylation sites (N-methyl/N-ethyl adjacent to an activating group) is 2. The Morgan fingerprint density at radius 3 is 2.57 bits per heavy atom. The summed E-state index contributed by atoms with van der Waals surface area (Å²) in [7, 11) is 4.29. The predicted molar refractivity (Wildman–Crippen MR) is 86.0 cm³/mol. The van der Waals surface area contributed by atoms with Gasteiger partial charge in [0.05, 0.1) is 0 Å². The first kappa shape index (κ1) is 16.2. The average Bonchev–Trinajstić information content (AvgIpc) is 2.45. The van der Waals surface area contributed by atoms with Crippen LogP contribution < -0.4 is 10.6 Å². The Bertz CT molecular complexity index is 456. The van der Waals surface area contributed by atoms with E-state index in [9.17, 15) is 0 Å². The Kier molecular flexibility index (Phi) is 5.96. The second-order valence-corrected chi connectivity index (χ2v) is 5.79. The first-order valence-corrected chi connectivity index (χ1v) is 7.74. The number of rotatable bonds is 6. The SMILES string of the molecule is CCCNc1nc(Cl)nc(NCC2CN(C)CCN2C)n1. The van der Waals surface area contributed by atoms with E-state index < -0.39 is 0 Å². The van der Waals surface area contributed by atoms with Crippen LogP contribution in [0.1, 0.15) is 13.3 Å². The van der Waals surface area contributed by atoms with Crippen LogP contribution in [0.3, 0.4) is 0 Å². The van der Waals surface area contributed by atoms with Crippen molar-refractivity contribution < 1.29 is 0 Å². The standard InChI is InChI=1S/C13H24ClN7/c1-4-5-15-12-17-11(14)18-13(19-12)16-8-10-9-20(2)6-7-21(10)3/h10H,4-9H2,1-3H3,(H2,15,16,17,18,19). The Hall–Kier alpha value is -1.18. The molecule has 0 amide bonds. The largest absolute Gasteiger partial charge is 0.354 e. The van der Waals surface area contributed by atoms with Gasteiger partial charge < -0.3 is 15.5 Å². The summed E-state index contributed by atoms with van der Waals surface area (Å²) in [6.07, 6.45) is 1.01.